The molecule has 0 aromatic rings. The fraction of sp³-hybridized carbons (Fsp3) is 0.923. The molecule has 1 saturated heterocycles. The summed E-state index contributed by atoms with van der Waals surface area (Å²) in [6.45, 7) is 0.898. The Morgan fingerprint density at radius 1 is 1.06 bits per heavy atom. The third-order valence-electron chi connectivity index (χ3n) is 3.95. The predicted molar refractivity (Wildman–Crippen MR) is 65.3 cm³/mol. The van der Waals surface area contributed by atoms with Gasteiger partial charge in [0.2, 0.25) is 5.91 Å². The molecule has 1 amide bonds. The second-order valence-corrected chi connectivity index (χ2v) is 5.37. The average Bonchev–Trinajstić information content (AvgIpc) is 2.52. The lowest BCUT2D eigenvalue weighted by Gasteiger charge is -2.33. The maximum absolute atomic E-state index is 11.4. The number of piperidine rings is 1. The van der Waals surface area contributed by atoms with E-state index in [0.717, 1.165) is 19.4 Å². The fourth-order valence-corrected chi connectivity index (χ4v) is 2.93. The standard InChI is InChI=1S/C13H24N2O/c1-15-10-12(8-9-13(15)16)14-11-6-4-2-3-5-7-11/h11-12,14H,2-10H2,1H3. The molecule has 2 rings (SSSR count). The maximum atomic E-state index is 11.4. The number of likely N-dealkylation sites (tertiary alicyclic amines) is 1. The van der Waals surface area contributed by atoms with E-state index >= 15 is 0 Å². The van der Waals surface area contributed by atoms with E-state index in [4.69, 9.17) is 0 Å². The van der Waals surface area contributed by atoms with Gasteiger partial charge in [-0.2, -0.15) is 0 Å². The Bertz CT molecular complexity index is 234. The average molecular weight is 224 g/mol. The Morgan fingerprint density at radius 3 is 2.38 bits per heavy atom. The van der Waals surface area contributed by atoms with E-state index in [1.54, 1.807) is 0 Å². The van der Waals surface area contributed by atoms with Gasteiger partial charge in [-0.05, 0) is 19.3 Å². The van der Waals surface area contributed by atoms with E-state index < -0.39 is 0 Å². The number of nitrogens with zero attached hydrogens (tertiary/aromatic N) is 1. The third-order valence-corrected chi connectivity index (χ3v) is 3.95. The van der Waals surface area contributed by atoms with Crippen LogP contribution in [0.3, 0.4) is 0 Å². The van der Waals surface area contributed by atoms with Crippen molar-refractivity contribution in [1.29, 1.82) is 0 Å². The van der Waals surface area contributed by atoms with Crippen LogP contribution in [0.4, 0.5) is 0 Å². The number of hydrogen-bond donors (Lipinski definition) is 1. The monoisotopic (exact) mass is 224 g/mol. The van der Waals surface area contributed by atoms with Crippen LogP contribution in [0.1, 0.15) is 51.4 Å². The molecule has 0 spiro atoms. The largest absolute Gasteiger partial charge is 0.344 e. The number of nitrogens with one attached hydrogen (secondary N) is 1. The SMILES string of the molecule is CN1CC(NC2CCCCCC2)CCC1=O. The Hall–Kier alpha value is -0.570. The van der Waals surface area contributed by atoms with Crippen molar-refractivity contribution in [2.75, 3.05) is 13.6 Å². The van der Waals surface area contributed by atoms with Gasteiger partial charge in [0, 0.05) is 32.1 Å². The Balaban J connectivity index is 1.78. The van der Waals surface area contributed by atoms with Gasteiger partial charge in [-0.1, -0.05) is 25.7 Å². The van der Waals surface area contributed by atoms with Crippen LogP contribution in [0, 0.1) is 0 Å². The topological polar surface area (TPSA) is 32.3 Å². The Labute approximate surface area is 98.6 Å². The highest BCUT2D eigenvalue weighted by Gasteiger charge is 2.24. The van der Waals surface area contributed by atoms with Gasteiger partial charge in [0.1, 0.15) is 0 Å². The molecule has 2 fully saturated rings. The molecule has 2 aliphatic rings. The lowest BCUT2D eigenvalue weighted by Crippen LogP contribution is -2.49. The molecule has 1 atom stereocenters. The molecule has 1 unspecified atom stereocenters. The molecule has 0 radical (unpaired) electrons. The van der Waals surface area contributed by atoms with Gasteiger partial charge < -0.3 is 10.2 Å². The first kappa shape index (κ1) is 11.9. The summed E-state index contributed by atoms with van der Waals surface area (Å²) in [6.07, 6.45) is 9.96. The molecule has 1 aliphatic carbocycles. The van der Waals surface area contributed by atoms with Gasteiger partial charge in [-0.25, -0.2) is 0 Å². The van der Waals surface area contributed by atoms with Gasteiger partial charge in [0.25, 0.3) is 0 Å². The molecule has 3 heteroatoms. The number of carbonyl (C=O) groups excluding carboxylic acids is 1. The van der Waals surface area contributed by atoms with Crippen LogP contribution >= 0.6 is 0 Å². The van der Waals surface area contributed by atoms with E-state index in [0.29, 0.717) is 18.0 Å². The Morgan fingerprint density at radius 2 is 1.75 bits per heavy atom. The van der Waals surface area contributed by atoms with Gasteiger partial charge >= 0.3 is 0 Å². The predicted octanol–water partition coefficient (Wildman–Crippen LogP) is 1.92. The lowest BCUT2D eigenvalue weighted by molar-refractivity contribution is -0.132. The second kappa shape index (κ2) is 5.67. The summed E-state index contributed by atoms with van der Waals surface area (Å²) in [5.41, 5.74) is 0. The van der Waals surface area contributed by atoms with E-state index in [1.165, 1.54) is 38.5 Å². The van der Waals surface area contributed by atoms with Crippen LogP contribution in [0.15, 0.2) is 0 Å². The highest BCUT2D eigenvalue weighted by molar-refractivity contribution is 5.76. The number of hydrogen-bond acceptors (Lipinski definition) is 2. The first-order valence-corrected chi connectivity index (χ1v) is 6.76. The zero-order valence-electron chi connectivity index (χ0n) is 10.4. The van der Waals surface area contributed by atoms with Crippen LogP contribution in [-0.2, 0) is 4.79 Å². The van der Waals surface area contributed by atoms with Crippen molar-refractivity contribution in [3.05, 3.63) is 0 Å². The third kappa shape index (κ3) is 3.21. The molecule has 0 bridgehead atoms. The van der Waals surface area contributed by atoms with Gasteiger partial charge in [0.05, 0.1) is 0 Å². The highest BCUT2D eigenvalue weighted by Crippen LogP contribution is 2.19. The second-order valence-electron chi connectivity index (χ2n) is 5.37. The van der Waals surface area contributed by atoms with Crippen molar-refractivity contribution in [1.82, 2.24) is 10.2 Å². The van der Waals surface area contributed by atoms with Gasteiger partial charge in [0.15, 0.2) is 0 Å². The van der Waals surface area contributed by atoms with Crippen LogP contribution in [0.2, 0.25) is 0 Å². The van der Waals surface area contributed by atoms with Crippen LogP contribution in [-0.4, -0.2) is 36.5 Å². The lowest BCUT2D eigenvalue weighted by atomic mass is 10.0. The molecule has 0 aromatic carbocycles. The van der Waals surface area contributed by atoms with Crippen LogP contribution < -0.4 is 5.32 Å². The molecule has 1 saturated carbocycles. The normalized spacial score (nSPS) is 29.2. The molecule has 1 N–H and O–H groups in total. The summed E-state index contributed by atoms with van der Waals surface area (Å²) in [4.78, 5) is 13.3. The number of carbonyl (C=O) groups is 1. The first-order valence-electron chi connectivity index (χ1n) is 6.76. The first-order chi connectivity index (χ1) is 7.75. The van der Waals surface area contributed by atoms with E-state index in [1.807, 2.05) is 11.9 Å². The van der Waals surface area contributed by atoms with Gasteiger partial charge in [-0.3, -0.25) is 4.79 Å². The minimum atomic E-state index is 0.305. The van der Waals surface area contributed by atoms with Crippen molar-refractivity contribution in [2.24, 2.45) is 0 Å². The van der Waals surface area contributed by atoms with Crippen molar-refractivity contribution in [2.45, 2.75) is 63.5 Å². The minimum Gasteiger partial charge on any atom is -0.344 e. The molecule has 0 aromatic heterocycles. The molecule has 1 aliphatic heterocycles. The summed E-state index contributed by atoms with van der Waals surface area (Å²) in [7, 11) is 1.92. The quantitative estimate of drug-likeness (QED) is 0.727. The zero-order valence-corrected chi connectivity index (χ0v) is 10.4. The summed E-state index contributed by atoms with van der Waals surface area (Å²) < 4.78 is 0. The van der Waals surface area contributed by atoms with E-state index in [9.17, 15) is 4.79 Å². The number of rotatable bonds is 2. The van der Waals surface area contributed by atoms with E-state index in [2.05, 4.69) is 5.32 Å². The van der Waals surface area contributed by atoms with Crippen molar-refractivity contribution in [3.8, 4) is 0 Å². The minimum absolute atomic E-state index is 0.305. The molecular formula is C13H24N2O. The molecular weight excluding hydrogens is 200 g/mol. The number of likely N-dealkylation sites (N-methyl/N-ethyl adjacent to an activating group) is 1. The zero-order chi connectivity index (χ0) is 11.4. The number of amides is 1. The maximum Gasteiger partial charge on any atom is 0.222 e. The van der Waals surface area contributed by atoms with Gasteiger partial charge in [-0.15, -0.1) is 0 Å². The molecule has 16 heavy (non-hydrogen) atoms. The molecule has 1 heterocycles. The molecule has 92 valence electrons. The smallest absolute Gasteiger partial charge is 0.222 e. The van der Waals surface area contributed by atoms with Crippen LogP contribution in [0.5, 0.6) is 0 Å². The van der Waals surface area contributed by atoms with Crippen molar-refractivity contribution in [3.63, 3.8) is 0 Å². The fourth-order valence-electron chi connectivity index (χ4n) is 2.93. The van der Waals surface area contributed by atoms with Crippen molar-refractivity contribution < 1.29 is 4.79 Å². The molecule has 3 nitrogen and oxygen atoms in total. The summed E-state index contributed by atoms with van der Waals surface area (Å²) in [5, 5.41) is 3.75. The summed E-state index contributed by atoms with van der Waals surface area (Å²) in [6, 6.07) is 1.24. The van der Waals surface area contributed by atoms with Crippen molar-refractivity contribution >= 4 is 5.91 Å². The summed E-state index contributed by atoms with van der Waals surface area (Å²) in [5.74, 6) is 0.305. The van der Waals surface area contributed by atoms with E-state index in [-0.39, 0.29) is 0 Å². The highest BCUT2D eigenvalue weighted by atomic mass is 16.2. The van der Waals surface area contributed by atoms with Crippen LogP contribution in [0.25, 0.3) is 0 Å². The summed E-state index contributed by atoms with van der Waals surface area (Å²) >= 11 is 0. The Kier molecular flexibility index (Phi) is 4.22.